The predicted molar refractivity (Wildman–Crippen MR) is 58.0 cm³/mol. The van der Waals surface area contributed by atoms with E-state index in [1.54, 1.807) is 24.3 Å². The lowest BCUT2D eigenvalue weighted by Crippen LogP contribution is -2.06. The minimum Gasteiger partial charge on any atom is -0.508 e. The van der Waals surface area contributed by atoms with Crippen LogP contribution in [0.3, 0.4) is 0 Å². The SMILES string of the molecule is C=O.NCCCN.Oc1ccccc1. The normalized spacial score (nSPS) is 7.57. The van der Waals surface area contributed by atoms with Gasteiger partial charge < -0.3 is 21.4 Å². The predicted octanol–water partition coefficient (Wildman–Crippen LogP) is 0.501. The lowest BCUT2D eigenvalue weighted by Gasteiger charge is -1.82. The van der Waals surface area contributed by atoms with Crippen LogP contribution in [-0.4, -0.2) is 25.0 Å². The number of hydrogen-bond donors (Lipinski definition) is 3. The summed E-state index contributed by atoms with van der Waals surface area (Å²) < 4.78 is 0. The van der Waals surface area contributed by atoms with Gasteiger partial charge in [0.15, 0.2) is 0 Å². The third kappa shape index (κ3) is 13.2. The Morgan fingerprint density at radius 2 is 1.50 bits per heavy atom. The van der Waals surface area contributed by atoms with Crippen LogP contribution in [-0.2, 0) is 4.79 Å². The average molecular weight is 198 g/mol. The van der Waals surface area contributed by atoms with Crippen LogP contribution >= 0.6 is 0 Å². The van der Waals surface area contributed by atoms with Crippen molar-refractivity contribution in [2.75, 3.05) is 13.1 Å². The Kier molecular flexibility index (Phi) is 15.3. The summed E-state index contributed by atoms with van der Waals surface area (Å²) >= 11 is 0. The molecule has 0 aromatic heterocycles. The monoisotopic (exact) mass is 198 g/mol. The molecule has 0 atom stereocenters. The summed E-state index contributed by atoms with van der Waals surface area (Å²) in [7, 11) is 0. The largest absolute Gasteiger partial charge is 0.508 e. The molecule has 4 heteroatoms. The zero-order valence-electron chi connectivity index (χ0n) is 8.23. The topological polar surface area (TPSA) is 89.3 Å². The van der Waals surface area contributed by atoms with Crippen molar-refractivity contribution in [1.29, 1.82) is 0 Å². The molecule has 80 valence electrons. The maximum Gasteiger partial charge on any atom is 0.115 e. The first-order valence-electron chi connectivity index (χ1n) is 4.24. The van der Waals surface area contributed by atoms with Crippen molar-refractivity contribution in [3.63, 3.8) is 0 Å². The van der Waals surface area contributed by atoms with E-state index in [2.05, 4.69) is 0 Å². The molecule has 0 saturated heterocycles. The number of aromatic hydroxyl groups is 1. The van der Waals surface area contributed by atoms with E-state index in [1.807, 2.05) is 12.9 Å². The second-order valence-electron chi connectivity index (χ2n) is 2.27. The molecule has 4 nitrogen and oxygen atoms in total. The van der Waals surface area contributed by atoms with Gasteiger partial charge in [-0.05, 0) is 31.6 Å². The molecule has 1 rings (SSSR count). The highest BCUT2D eigenvalue weighted by Gasteiger charge is 1.74. The third-order valence-corrected chi connectivity index (χ3v) is 1.16. The molecule has 14 heavy (non-hydrogen) atoms. The fourth-order valence-electron chi connectivity index (χ4n) is 0.546. The Morgan fingerprint density at radius 1 is 1.07 bits per heavy atom. The van der Waals surface area contributed by atoms with Gasteiger partial charge in [0.25, 0.3) is 0 Å². The molecular weight excluding hydrogens is 180 g/mol. The molecular formula is C10H18N2O2. The first-order chi connectivity index (χ1) is 6.81. The summed E-state index contributed by atoms with van der Waals surface area (Å²) in [5, 5.41) is 8.63. The number of rotatable bonds is 2. The lowest BCUT2D eigenvalue weighted by atomic mass is 10.3. The second-order valence-corrected chi connectivity index (χ2v) is 2.27. The maximum atomic E-state index is 8.63. The first-order valence-corrected chi connectivity index (χ1v) is 4.24. The molecule has 0 radical (unpaired) electrons. The van der Waals surface area contributed by atoms with Gasteiger partial charge in [0.05, 0.1) is 0 Å². The smallest absolute Gasteiger partial charge is 0.115 e. The van der Waals surface area contributed by atoms with Crippen molar-refractivity contribution in [2.45, 2.75) is 6.42 Å². The summed E-state index contributed by atoms with van der Waals surface area (Å²) in [6, 6.07) is 8.71. The molecule has 0 aliphatic heterocycles. The highest BCUT2D eigenvalue weighted by Crippen LogP contribution is 2.02. The summed E-state index contributed by atoms with van der Waals surface area (Å²) in [5.74, 6) is 0.322. The molecule has 0 aliphatic rings. The van der Waals surface area contributed by atoms with Gasteiger partial charge in [0, 0.05) is 0 Å². The van der Waals surface area contributed by atoms with Crippen LogP contribution in [0.25, 0.3) is 0 Å². The summed E-state index contributed by atoms with van der Waals surface area (Å²) in [6.45, 7) is 3.44. The van der Waals surface area contributed by atoms with E-state index in [-0.39, 0.29) is 0 Å². The van der Waals surface area contributed by atoms with Crippen molar-refractivity contribution in [3.8, 4) is 5.75 Å². The first kappa shape index (κ1) is 15.1. The van der Waals surface area contributed by atoms with Crippen molar-refractivity contribution in [1.82, 2.24) is 0 Å². The minimum atomic E-state index is 0.322. The minimum absolute atomic E-state index is 0.322. The van der Waals surface area contributed by atoms with E-state index in [1.165, 1.54) is 0 Å². The number of phenolic OH excluding ortho intramolecular Hbond substituents is 1. The fourth-order valence-corrected chi connectivity index (χ4v) is 0.546. The molecule has 0 heterocycles. The van der Waals surface area contributed by atoms with E-state index in [4.69, 9.17) is 21.4 Å². The van der Waals surface area contributed by atoms with E-state index in [0.29, 0.717) is 5.75 Å². The van der Waals surface area contributed by atoms with Gasteiger partial charge in [-0.1, -0.05) is 18.2 Å². The van der Waals surface area contributed by atoms with Crippen molar-refractivity contribution >= 4 is 6.79 Å². The summed E-state index contributed by atoms with van der Waals surface area (Å²) in [6.07, 6.45) is 0.944. The fraction of sp³-hybridized carbons (Fsp3) is 0.300. The quantitative estimate of drug-likeness (QED) is 0.645. The number of carbonyl (C=O) groups is 1. The molecule has 0 saturated carbocycles. The van der Waals surface area contributed by atoms with E-state index < -0.39 is 0 Å². The molecule has 0 amide bonds. The Morgan fingerprint density at radius 3 is 1.64 bits per heavy atom. The van der Waals surface area contributed by atoms with Crippen LogP contribution < -0.4 is 11.5 Å². The van der Waals surface area contributed by atoms with Crippen molar-refractivity contribution < 1.29 is 9.90 Å². The summed E-state index contributed by atoms with van der Waals surface area (Å²) in [4.78, 5) is 8.00. The number of hydrogen-bond acceptors (Lipinski definition) is 4. The molecule has 1 aromatic rings. The maximum absolute atomic E-state index is 8.63. The van der Waals surface area contributed by atoms with Crippen LogP contribution in [0.15, 0.2) is 30.3 Å². The molecule has 0 spiro atoms. The van der Waals surface area contributed by atoms with E-state index >= 15 is 0 Å². The van der Waals surface area contributed by atoms with Crippen LogP contribution in [0.1, 0.15) is 6.42 Å². The average Bonchev–Trinajstić information content (AvgIpc) is 2.24. The Labute approximate surface area is 84.5 Å². The van der Waals surface area contributed by atoms with Gasteiger partial charge in [-0.3, -0.25) is 0 Å². The van der Waals surface area contributed by atoms with E-state index in [0.717, 1.165) is 19.5 Å². The number of carbonyl (C=O) groups excluding carboxylic acids is 1. The van der Waals surface area contributed by atoms with Crippen LogP contribution in [0.4, 0.5) is 0 Å². The van der Waals surface area contributed by atoms with Crippen molar-refractivity contribution in [3.05, 3.63) is 30.3 Å². The van der Waals surface area contributed by atoms with E-state index in [9.17, 15) is 0 Å². The number of nitrogens with two attached hydrogens (primary N) is 2. The van der Waals surface area contributed by atoms with Crippen LogP contribution in [0, 0.1) is 0 Å². The lowest BCUT2D eigenvalue weighted by molar-refractivity contribution is -0.0979. The molecule has 5 N–H and O–H groups in total. The zero-order valence-corrected chi connectivity index (χ0v) is 8.23. The van der Waals surface area contributed by atoms with Gasteiger partial charge in [0.1, 0.15) is 12.5 Å². The van der Waals surface area contributed by atoms with Gasteiger partial charge >= 0.3 is 0 Å². The molecule has 0 unspecified atom stereocenters. The molecule has 0 aliphatic carbocycles. The third-order valence-electron chi connectivity index (χ3n) is 1.16. The Hall–Kier alpha value is -1.39. The van der Waals surface area contributed by atoms with Gasteiger partial charge in [-0.2, -0.15) is 0 Å². The van der Waals surface area contributed by atoms with Crippen molar-refractivity contribution in [2.24, 2.45) is 11.5 Å². The van der Waals surface area contributed by atoms with Gasteiger partial charge in [-0.25, -0.2) is 0 Å². The Balaban J connectivity index is 0. The van der Waals surface area contributed by atoms with Gasteiger partial charge in [-0.15, -0.1) is 0 Å². The molecule has 0 bridgehead atoms. The van der Waals surface area contributed by atoms with Crippen LogP contribution in [0.5, 0.6) is 5.75 Å². The zero-order chi connectivity index (χ0) is 11.2. The Bertz CT molecular complexity index is 191. The second kappa shape index (κ2) is 14.2. The number of para-hydroxylation sites is 1. The standard InChI is InChI=1S/C6H6O.C3H10N2.CH2O/c7-6-4-2-1-3-5-6;4-2-1-3-5;1-2/h1-5,7H;1-5H2;1H2. The molecule has 1 aromatic carbocycles. The molecule has 0 fully saturated rings. The highest BCUT2D eigenvalue weighted by molar-refractivity contribution is 5.18. The number of phenols is 1. The number of benzene rings is 1. The highest BCUT2D eigenvalue weighted by atomic mass is 16.3. The summed E-state index contributed by atoms with van der Waals surface area (Å²) in [5.41, 5.74) is 10.1. The van der Waals surface area contributed by atoms with Gasteiger partial charge in [0.2, 0.25) is 0 Å². The van der Waals surface area contributed by atoms with Crippen LogP contribution in [0.2, 0.25) is 0 Å².